The van der Waals surface area contributed by atoms with E-state index >= 15 is 0 Å². The van der Waals surface area contributed by atoms with Crippen molar-refractivity contribution in [1.82, 2.24) is 20.4 Å². The fraction of sp³-hybridized carbons (Fsp3) is 0.381. The van der Waals surface area contributed by atoms with E-state index in [2.05, 4.69) is 43.3 Å². The third-order valence-corrected chi connectivity index (χ3v) is 6.06. The molecule has 0 radical (unpaired) electrons. The maximum atomic E-state index is 12.0. The average molecular weight is 459 g/mol. The van der Waals surface area contributed by atoms with Crippen LogP contribution in [0.15, 0.2) is 51.7 Å². The highest BCUT2D eigenvalue weighted by Gasteiger charge is 2.53. The lowest BCUT2D eigenvalue weighted by atomic mass is 9.63. The van der Waals surface area contributed by atoms with Crippen LogP contribution in [0.3, 0.4) is 0 Å². The third kappa shape index (κ3) is 3.40. The molecule has 29 heavy (non-hydrogen) atoms. The second-order valence-electron chi connectivity index (χ2n) is 8.33. The molecule has 7 nitrogen and oxygen atoms in total. The van der Waals surface area contributed by atoms with Crippen molar-refractivity contribution < 1.29 is 14.7 Å². The lowest BCUT2D eigenvalue weighted by Gasteiger charge is -2.52. The van der Waals surface area contributed by atoms with E-state index in [1.54, 1.807) is 26.2 Å². The first-order valence-electron chi connectivity index (χ1n) is 9.35. The molecule has 3 N–H and O–H groups in total. The van der Waals surface area contributed by atoms with Gasteiger partial charge in [0.2, 0.25) is 5.82 Å². The molecule has 1 aliphatic heterocycles. The van der Waals surface area contributed by atoms with E-state index in [1.165, 1.54) is 0 Å². The van der Waals surface area contributed by atoms with Crippen molar-refractivity contribution in [3.05, 3.63) is 64.2 Å². The van der Waals surface area contributed by atoms with Gasteiger partial charge < -0.3 is 20.1 Å². The van der Waals surface area contributed by atoms with Gasteiger partial charge in [-0.3, -0.25) is 4.98 Å². The Morgan fingerprint density at radius 3 is 2.34 bits per heavy atom. The van der Waals surface area contributed by atoms with E-state index in [9.17, 15) is 10.2 Å². The number of nitrogens with one attached hydrogen (secondary N) is 1. The molecule has 1 saturated heterocycles. The van der Waals surface area contributed by atoms with E-state index in [0.717, 1.165) is 10.0 Å². The molecule has 152 valence electrons. The lowest BCUT2D eigenvalue weighted by Crippen LogP contribution is -2.63. The molecule has 3 heterocycles. The number of rotatable bonds is 5. The lowest BCUT2D eigenvalue weighted by molar-refractivity contribution is -0.0769. The van der Waals surface area contributed by atoms with E-state index in [0.29, 0.717) is 30.0 Å². The van der Waals surface area contributed by atoms with Gasteiger partial charge in [-0.1, -0.05) is 40.1 Å². The van der Waals surface area contributed by atoms with Crippen LogP contribution < -0.4 is 5.32 Å². The Morgan fingerprint density at radius 1 is 1.10 bits per heavy atom. The van der Waals surface area contributed by atoms with Crippen LogP contribution >= 0.6 is 15.9 Å². The van der Waals surface area contributed by atoms with Gasteiger partial charge in [-0.05, 0) is 37.6 Å². The van der Waals surface area contributed by atoms with Crippen LogP contribution in [0, 0.1) is 5.41 Å². The molecule has 0 aliphatic carbocycles. The quantitative estimate of drug-likeness (QED) is 0.539. The van der Waals surface area contributed by atoms with Gasteiger partial charge in [-0.15, -0.1) is 0 Å². The van der Waals surface area contributed by atoms with Crippen molar-refractivity contribution in [2.75, 3.05) is 13.1 Å². The Balaban J connectivity index is 1.81. The number of hydrogen-bond donors (Lipinski definition) is 3. The zero-order valence-corrected chi connectivity index (χ0v) is 18.1. The molecule has 0 amide bonds. The highest BCUT2D eigenvalue weighted by Crippen LogP contribution is 2.48. The molecular formula is C21H23BrN4O3. The maximum Gasteiger partial charge on any atom is 0.258 e. The molecule has 1 fully saturated rings. The molecule has 1 aromatic carbocycles. The summed E-state index contributed by atoms with van der Waals surface area (Å²) in [5.74, 6) is 0.433. The topological polar surface area (TPSA) is 104 Å². The minimum atomic E-state index is -1.26. The van der Waals surface area contributed by atoms with Gasteiger partial charge in [0.15, 0.2) is 0 Å². The van der Waals surface area contributed by atoms with E-state index < -0.39 is 16.6 Å². The zero-order chi connectivity index (χ0) is 20.9. The summed E-state index contributed by atoms with van der Waals surface area (Å²) in [6, 6.07) is 9.50. The largest absolute Gasteiger partial charge is 0.381 e. The molecule has 8 heteroatoms. The van der Waals surface area contributed by atoms with Crippen LogP contribution in [0.4, 0.5) is 0 Å². The fourth-order valence-corrected chi connectivity index (χ4v) is 3.92. The summed E-state index contributed by atoms with van der Waals surface area (Å²) in [5, 5.41) is 29.4. The molecule has 4 rings (SSSR count). The van der Waals surface area contributed by atoms with Crippen LogP contribution in [0.2, 0.25) is 0 Å². The number of nitrogens with zero attached hydrogens (tertiary/aromatic N) is 3. The van der Waals surface area contributed by atoms with Gasteiger partial charge >= 0.3 is 0 Å². The predicted molar refractivity (Wildman–Crippen MR) is 111 cm³/mol. The van der Waals surface area contributed by atoms with Crippen molar-refractivity contribution in [3.8, 4) is 11.4 Å². The van der Waals surface area contributed by atoms with Gasteiger partial charge in [0, 0.05) is 46.5 Å². The van der Waals surface area contributed by atoms with Crippen molar-refractivity contribution in [2.45, 2.75) is 32.0 Å². The first-order chi connectivity index (χ1) is 13.6. The Hall–Kier alpha value is -2.13. The first-order valence-corrected chi connectivity index (χ1v) is 10.1. The van der Waals surface area contributed by atoms with Gasteiger partial charge in [-0.25, -0.2) is 0 Å². The molecular weight excluding hydrogens is 436 g/mol. The van der Waals surface area contributed by atoms with Crippen LogP contribution in [-0.4, -0.2) is 38.4 Å². The van der Waals surface area contributed by atoms with Gasteiger partial charge in [-0.2, -0.15) is 4.98 Å². The monoisotopic (exact) mass is 458 g/mol. The minimum Gasteiger partial charge on any atom is -0.381 e. The van der Waals surface area contributed by atoms with Crippen LogP contribution in [0.1, 0.15) is 37.8 Å². The second kappa shape index (κ2) is 6.98. The summed E-state index contributed by atoms with van der Waals surface area (Å²) in [7, 11) is 0. The predicted octanol–water partition coefficient (Wildman–Crippen LogP) is 2.97. The molecule has 1 unspecified atom stereocenters. The maximum absolute atomic E-state index is 12.0. The molecule has 0 bridgehead atoms. The van der Waals surface area contributed by atoms with Crippen molar-refractivity contribution in [3.63, 3.8) is 0 Å². The van der Waals surface area contributed by atoms with E-state index in [-0.39, 0.29) is 5.89 Å². The number of halogens is 1. The van der Waals surface area contributed by atoms with Crippen LogP contribution in [0.25, 0.3) is 11.4 Å². The first kappa shape index (κ1) is 20.2. The Bertz CT molecular complexity index is 1020. The summed E-state index contributed by atoms with van der Waals surface area (Å²) in [6.45, 7) is 6.56. The van der Waals surface area contributed by atoms with Crippen molar-refractivity contribution in [1.29, 1.82) is 0 Å². The van der Waals surface area contributed by atoms with Gasteiger partial charge in [0.25, 0.3) is 5.89 Å². The molecule has 2 aromatic heterocycles. The fourth-order valence-electron chi connectivity index (χ4n) is 3.66. The Labute approximate surface area is 177 Å². The smallest absolute Gasteiger partial charge is 0.258 e. The molecule has 0 saturated carbocycles. The number of aliphatic hydroxyl groups is 2. The average Bonchev–Trinajstić information content (AvgIpc) is 3.17. The van der Waals surface area contributed by atoms with Crippen molar-refractivity contribution >= 4 is 15.9 Å². The number of benzene rings is 1. The summed E-state index contributed by atoms with van der Waals surface area (Å²) in [5.41, 5.74) is -0.862. The van der Waals surface area contributed by atoms with E-state index in [4.69, 9.17) is 4.52 Å². The zero-order valence-electron chi connectivity index (χ0n) is 16.5. The van der Waals surface area contributed by atoms with Crippen molar-refractivity contribution in [2.24, 2.45) is 5.41 Å². The normalized spacial score (nSPS) is 18.1. The number of pyridine rings is 1. The number of aromatic nitrogens is 3. The third-order valence-electron chi connectivity index (χ3n) is 5.53. The SMILES string of the molecule is CC(C)(O)c1nc(-c2cncc(C(O)(c3ccc(Br)cc3)C3(C)CNC3)c2)no1. The number of hydrogen-bond acceptors (Lipinski definition) is 7. The summed E-state index contributed by atoms with van der Waals surface area (Å²) in [4.78, 5) is 8.63. The Kier molecular flexibility index (Phi) is 4.85. The molecule has 3 aromatic rings. The summed E-state index contributed by atoms with van der Waals surface area (Å²) >= 11 is 3.46. The summed E-state index contributed by atoms with van der Waals surface area (Å²) < 4.78 is 6.13. The van der Waals surface area contributed by atoms with E-state index in [1.807, 2.05) is 30.3 Å². The molecule has 0 spiro atoms. The highest BCUT2D eigenvalue weighted by molar-refractivity contribution is 9.10. The minimum absolute atomic E-state index is 0.122. The van der Waals surface area contributed by atoms with Gasteiger partial charge in [0.05, 0.1) is 0 Å². The standard InChI is InChI=1S/C21H23BrN4O3/c1-19(2,27)18-25-17(26-29-18)13-8-15(10-23-9-13)21(28,20(3)11-24-12-20)14-4-6-16(22)7-5-14/h4-10,24,27-28H,11-12H2,1-3H3. The summed E-state index contributed by atoms with van der Waals surface area (Å²) in [6.07, 6.45) is 3.29. The molecule has 1 atom stereocenters. The highest BCUT2D eigenvalue weighted by atomic mass is 79.9. The Morgan fingerprint density at radius 2 is 1.79 bits per heavy atom. The van der Waals surface area contributed by atoms with Crippen LogP contribution in [-0.2, 0) is 11.2 Å². The second-order valence-corrected chi connectivity index (χ2v) is 9.24. The van der Waals surface area contributed by atoms with Crippen LogP contribution in [0.5, 0.6) is 0 Å². The molecule has 1 aliphatic rings. The van der Waals surface area contributed by atoms with Gasteiger partial charge in [0.1, 0.15) is 11.2 Å².